The normalized spacial score (nSPS) is 18.9. The van der Waals surface area contributed by atoms with Gasteiger partial charge in [0.1, 0.15) is 0 Å². The number of allylic oxidation sites excluding steroid dienone is 2. The summed E-state index contributed by atoms with van der Waals surface area (Å²) in [6.45, 7) is 7.91. The van der Waals surface area contributed by atoms with Crippen LogP contribution < -0.4 is 0 Å². The van der Waals surface area contributed by atoms with E-state index in [2.05, 4.69) is 19.2 Å². The molecular formula is C14H13N. The zero-order chi connectivity index (χ0) is 10.9. The zero-order valence-electron chi connectivity index (χ0n) is 8.66. The summed E-state index contributed by atoms with van der Waals surface area (Å²) < 4.78 is 0. The molecule has 1 heteroatoms. The van der Waals surface area contributed by atoms with Crippen molar-refractivity contribution in [3.05, 3.63) is 60.2 Å². The van der Waals surface area contributed by atoms with Gasteiger partial charge in [-0.25, -0.2) is 0 Å². The maximum atomic E-state index is 9.37. The number of nitrogens with zero attached hydrogens (tertiary/aromatic N) is 1. The van der Waals surface area contributed by atoms with Crippen LogP contribution >= 0.6 is 0 Å². The Balaban J connectivity index is 2.46. The van der Waals surface area contributed by atoms with Gasteiger partial charge in [-0.05, 0) is 18.4 Å². The molecule has 0 atom stereocenters. The predicted molar refractivity (Wildman–Crippen MR) is 61.2 cm³/mol. The Hall–Kier alpha value is -1.81. The van der Waals surface area contributed by atoms with E-state index >= 15 is 0 Å². The quantitative estimate of drug-likeness (QED) is 0.674. The van der Waals surface area contributed by atoms with Crippen molar-refractivity contribution in [2.45, 2.75) is 18.3 Å². The molecule has 74 valence electrons. The van der Waals surface area contributed by atoms with Crippen LogP contribution in [-0.4, -0.2) is 0 Å². The van der Waals surface area contributed by atoms with Crippen LogP contribution in [0.1, 0.15) is 18.4 Å². The second kappa shape index (κ2) is 3.40. The van der Waals surface area contributed by atoms with E-state index in [1.807, 2.05) is 30.3 Å². The monoisotopic (exact) mass is 195 g/mol. The lowest BCUT2D eigenvalue weighted by Crippen LogP contribution is -2.19. The summed E-state index contributed by atoms with van der Waals surface area (Å²) in [6, 6.07) is 12.4. The Morgan fingerprint density at radius 3 is 2.07 bits per heavy atom. The summed E-state index contributed by atoms with van der Waals surface area (Å²) >= 11 is 0. The molecule has 0 heterocycles. The van der Waals surface area contributed by atoms with Gasteiger partial charge in [0.25, 0.3) is 0 Å². The molecule has 0 amide bonds. The van der Waals surface area contributed by atoms with Crippen molar-refractivity contribution in [3.63, 3.8) is 0 Å². The molecule has 0 N–H and O–H groups in total. The highest BCUT2D eigenvalue weighted by atomic mass is 14.4. The van der Waals surface area contributed by atoms with Crippen LogP contribution in [0.25, 0.3) is 0 Å². The summed E-state index contributed by atoms with van der Waals surface area (Å²) in [5, 5.41) is 9.37. The molecule has 0 radical (unpaired) electrons. The summed E-state index contributed by atoms with van der Waals surface area (Å²) in [4.78, 5) is 0. The Labute approximate surface area is 90.4 Å². The van der Waals surface area contributed by atoms with E-state index in [1.54, 1.807) is 0 Å². The molecule has 1 saturated carbocycles. The van der Waals surface area contributed by atoms with Gasteiger partial charge in [0.05, 0.1) is 11.5 Å². The first-order valence-electron chi connectivity index (χ1n) is 5.01. The number of benzene rings is 1. The highest BCUT2D eigenvalue weighted by Gasteiger charge is 2.39. The Kier molecular flexibility index (Phi) is 2.21. The SMILES string of the molecule is C=C1CC(C#N)(c2ccccc2)CC1=C. The maximum Gasteiger partial charge on any atom is 0.0902 e. The van der Waals surface area contributed by atoms with Crippen molar-refractivity contribution in [2.75, 3.05) is 0 Å². The fourth-order valence-electron chi connectivity index (χ4n) is 2.15. The van der Waals surface area contributed by atoms with Gasteiger partial charge in [0.15, 0.2) is 0 Å². The van der Waals surface area contributed by atoms with Crippen LogP contribution in [0.2, 0.25) is 0 Å². The lowest BCUT2D eigenvalue weighted by atomic mass is 9.80. The molecule has 1 aromatic carbocycles. The first-order chi connectivity index (χ1) is 7.18. The summed E-state index contributed by atoms with van der Waals surface area (Å²) in [6.07, 6.45) is 1.43. The molecule has 1 aliphatic rings. The van der Waals surface area contributed by atoms with Gasteiger partial charge in [0, 0.05) is 0 Å². The van der Waals surface area contributed by atoms with Crippen LogP contribution in [0.3, 0.4) is 0 Å². The predicted octanol–water partition coefficient (Wildman–Crippen LogP) is 3.35. The molecule has 15 heavy (non-hydrogen) atoms. The summed E-state index contributed by atoms with van der Waals surface area (Å²) in [5.74, 6) is 0. The second-order valence-electron chi connectivity index (χ2n) is 4.12. The molecule has 0 aliphatic heterocycles. The number of hydrogen-bond donors (Lipinski definition) is 0. The Morgan fingerprint density at radius 2 is 1.60 bits per heavy atom. The molecule has 0 unspecified atom stereocenters. The lowest BCUT2D eigenvalue weighted by molar-refractivity contribution is 0.600. The van der Waals surface area contributed by atoms with Gasteiger partial charge < -0.3 is 0 Å². The van der Waals surface area contributed by atoms with E-state index in [0.717, 1.165) is 16.7 Å². The standard InChI is InChI=1S/C14H13N/c1-11-8-14(10-15,9-12(11)2)13-6-4-3-5-7-13/h3-7H,1-2,8-9H2. The molecule has 0 saturated heterocycles. The van der Waals surface area contributed by atoms with Crippen LogP contribution in [0.5, 0.6) is 0 Å². The molecule has 2 rings (SSSR count). The third-order valence-corrected chi connectivity index (χ3v) is 3.07. The number of nitriles is 1. The lowest BCUT2D eigenvalue weighted by Gasteiger charge is -2.19. The topological polar surface area (TPSA) is 23.8 Å². The van der Waals surface area contributed by atoms with Crippen LogP contribution in [0.15, 0.2) is 54.6 Å². The smallest absolute Gasteiger partial charge is 0.0902 e. The molecule has 1 nitrogen and oxygen atoms in total. The van der Waals surface area contributed by atoms with Crippen molar-refractivity contribution in [3.8, 4) is 6.07 Å². The third kappa shape index (κ3) is 1.49. The van der Waals surface area contributed by atoms with Crippen molar-refractivity contribution in [1.29, 1.82) is 5.26 Å². The second-order valence-corrected chi connectivity index (χ2v) is 4.12. The van der Waals surface area contributed by atoms with Crippen molar-refractivity contribution in [1.82, 2.24) is 0 Å². The van der Waals surface area contributed by atoms with E-state index in [4.69, 9.17) is 0 Å². The number of hydrogen-bond acceptors (Lipinski definition) is 1. The molecule has 0 aromatic heterocycles. The van der Waals surface area contributed by atoms with Gasteiger partial charge in [0.2, 0.25) is 0 Å². The van der Waals surface area contributed by atoms with Gasteiger partial charge in [-0.3, -0.25) is 0 Å². The Bertz CT molecular complexity index is 432. The van der Waals surface area contributed by atoms with E-state index in [9.17, 15) is 5.26 Å². The van der Waals surface area contributed by atoms with Gasteiger partial charge in [-0.1, -0.05) is 54.6 Å². The largest absolute Gasteiger partial charge is 0.197 e. The van der Waals surface area contributed by atoms with Crippen LogP contribution in [-0.2, 0) is 5.41 Å². The third-order valence-electron chi connectivity index (χ3n) is 3.07. The van der Waals surface area contributed by atoms with Crippen LogP contribution in [0, 0.1) is 11.3 Å². The summed E-state index contributed by atoms with van der Waals surface area (Å²) in [7, 11) is 0. The van der Waals surface area contributed by atoms with E-state index in [-0.39, 0.29) is 0 Å². The fourth-order valence-corrected chi connectivity index (χ4v) is 2.15. The van der Waals surface area contributed by atoms with Crippen molar-refractivity contribution in [2.24, 2.45) is 0 Å². The first-order valence-corrected chi connectivity index (χ1v) is 5.01. The van der Waals surface area contributed by atoms with Crippen molar-refractivity contribution >= 4 is 0 Å². The van der Waals surface area contributed by atoms with E-state index < -0.39 is 5.41 Å². The highest BCUT2D eigenvalue weighted by molar-refractivity contribution is 5.47. The van der Waals surface area contributed by atoms with E-state index in [1.165, 1.54) is 0 Å². The molecular weight excluding hydrogens is 182 g/mol. The average molecular weight is 195 g/mol. The minimum Gasteiger partial charge on any atom is -0.197 e. The first kappa shape index (κ1) is 9.73. The van der Waals surface area contributed by atoms with Gasteiger partial charge in [-0.15, -0.1) is 0 Å². The van der Waals surface area contributed by atoms with Crippen LogP contribution in [0.4, 0.5) is 0 Å². The average Bonchev–Trinajstić information content (AvgIpc) is 2.57. The van der Waals surface area contributed by atoms with Gasteiger partial charge in [-0.2, -0.15) is 5.26 Å². The number of rotatable bonds is 1. The fraction of sp³-hybridized carbons (Fsp3) is 0.214. The molecule has 1 fully saturated rings. The molecule has 0 bridgehead atoms. The highest BCUT2D eigenvalue weighted by Crippen LogP contribution is 2.45. The molecule has 1 aliphatic carbocycles. The summed E-state index contributed by atoms with van der Waals surface area (Å²) in [5.41, 5.74) is 2.68. The minimum absolute atomic E-state index is 0.421. The Morgan fingerprint density at radius 1 is 1.07 bits per heavy atom. The van der Waals surface area contributed by atoms with Crippen molar-refractivity contribution < 1.29 is 0 Å². The van der Waals surface area contributed by atoms with Gasteiger partial charge >= 0.3 is 0 Å². The molecule has 1 aromatic rings. The molecule has 0 spiro atoms. The zero-order valence-corrected chi connectivity index (χ0v) is 8.66. The van der Waals surface area contributed by atoms with E-state index in [0.29, 0.717) is 12.8 Å². The maximum absolute atomic E-state index is 9.37. The minimum atomic E-state index is -0.421.